The van der Waals surface area contributed by atoms with Gasteiger partial charge in [0.25, 0.3) is 0 Å². The van der Waals surface area contributed by atoms with Crippen molar-refractivity contribution in [2.24, 2.45) is 5.10 Å². The molecule has 3 aromatic rings. The SMILES string of the molecule is CCCCCC(=O)Nc1nnc(CC(=O)N/N=C\c2c(C)[nH]c3ccccc23)s1. The van der Waals surface area contributed by atoms with Crippen molar-refractivity contribution in [1.82, 2.24) is 20.6 Å². The summed E-state index contributed by atoms with van der Waals surface area (Å²) >= 11 is 1.19. The number of amides is 2. The van der Waals surface area contributed by atoms with E-state index in [1.165, 1.54) is 11.3 Å². The molecule has 29 heavy (non-hydrogen) atoms. The van der Waals surface area contributed by atoms with Crippen molar-refractivity contribution in [3.8, 4) is 0 Å². The summed E-state index contributed by atoms with van der Waals surface area (Å²) in [5, 5.41) is 16.6. The molecule has 0 unspecified atom stereocenters. The summed E-state index contributed by atoms with van der Waals surface area (Å²) in [7, 11) is 0. The summed E-state index contributed by atoms with van der Waals surface area (Å²) in [6.45, 7) is 4.05. The number of H-pyrrole nitrogens is 1. The van der Waals surface area contributed by atoms with Gasteiger partial charge in [0.15, 0.2) is 0 Å². The molecule has 2 heterocycles. The molecule has 3 rings (SSSR count). The number of anilines is 1. The van der Waals surface area contributed by atoms with Gasteiger partial charge in [0.1, 0.15) is 5.01 Å². The van der Waals surface area contributed by atoms with Crippen LogP contribution >= 0.6 is 11.3 Å². The molecule has 1 aromatic carbocycles. The van der Waals surface area contributed by atoms with Crippen LogP contribution in [-0.2, 0) is 16.0 Å². The van der Waals surface area contributed by atoms with Crippen LogP contribution in [0.2, 0.25) is 0 Å². The van der Waals surface area contributed by atoms with Gasteiger partial charge in [-0.1, -0.05) is 49.3 Å². The maximum Gasteiger partial charge on any atom is 0.247 e. The van der Waals surface area contributed by atoms with Crippen LogP contribution in [0.3, 0.4) is 0 Å². The number of benzene rings is 1. The van der Waals surface area contributed by atoms with Gasteiger partial charge in [0, 0.05) is 28.6 Å². The molecule has 0 aliphatic carbocycles. The molecule has 2 amide bonds. The van der Waals surface area contributed by atoms with Gasteiger partial charge in [-0.2, -0.15) is 5.10 Å². The number of fused-ring (bicyclic) bond motifs is 1. The summed E-state index contributed by atoms with van der Waals surface area (Å²) < 4.78 is 0. The fourth-order valence-electron chi connectivity index (χ4n) is 2.90. The Kier molecular flexibility index (Phi) is 7.07. The molecule has 0 bridgehead atoms. The third kappa shape index (κ3) is 5.71. The summed E-state index contributed by atoms with van der Waals surface area (Å²) in [6.07, 6.45) is 5.08. The quantitative estimate of drug-likeness (QED) is 0.283. The van der Waals surface area contributed by atoms with E-state index in [0.29, 0.717) is 16.6 Å². The first-order chi connectivity index (χ1) is 14.1. The van der Waals surface area contributed by atoms with Crippen molar-refractivity contribution in [2.45, 2.75) is 46.0 Å². The van der Waals surface area contributed by atoms with Crippen LogP contribution in [0.25, 0.3) is 10.9 Å². The van der Waals surface area contributed by atoms with Crippen LogP contribution in [-0.4, -0.2) is 33.2 Å². The normalized spacial score (nSPS) is 11.2. The Morgan fingerprint density at radius 3 is 2.86 bits per heavy atom. The van der Waals surface area contributed by atoms with Crippen LogP contribution in [0.15, 0.2) is 29.4 Å². The standard InChI is InChI=1S/C20H24N6O2S/c1-3-4-5-10-17(27)23-20-26-25-19(29-20)11-18(28)24-21-12-15-13(2)22-16-9-7-6-8-14(15)16/h6-9,12,22H,3-5,10-11H2,1-2H3,(H,24,28)(H,23,26,27)/b21-12-. The Balaban J connectivity index is 1.51. The molecule has 2 aromatic heterocycles. The van der Waals surface area contributed by atoms with E-state index in [1.807, 2.05) is 31.2 Å². The molecule has 0 saturated carbocycles. The molecule has 0 aliphatic rings. The van der Waals surface area contributed by atoms with Crippen LogP contribution in [0, 0.1) is 6.92 Å². The molecule has 0 radical (unpaired) electrons. The summed E-state index contributed by atoms with van der Waals surface area (Å²) in [5.41, 5.74) is 5.45. The van der Waals surface area contributed by atoms with Crippen LogP contribution in [0.5, 0.6) is 0 Å². The zero-order valence-corrected chi connectivity index (χ0v) is 17.3. The minimum atomic E-state index is -0.296. The average molecular weight is 413 g/mol. The number of nitrogens with zero attached hydrogens (tertiary/aromatic N) is 3. The number of unbranched alkanes of at least 4 members (excludes halogenated alkanes) is 2. The summed E-state index contributed by atoms with van der Waals surface area (Å²) in [5.74, 6) is -0.375. The maximum atomic E-state index is 12.1. The third-order valence-electron chi connectivity index (χ3n) is 4.36. The number of carbonyl (C=O) groups is 2. The highest BCUT2D eigenvalue weighted by Crippen LogP contribution is 2.20. The largest absolute Gasteiger partial charge is 0.358 e. The van der Waals surface area contributed by atoms with Gasteiger partial charge >= 0.3 is 0 Å². The topological polar surface area (TPSA) is 112 Å². The molecule has 0 atom stereocenters. The highest BCUT2D eigenvalue weighted by Gasteiger charge is 2.11. The molecule has 3 N–H and O–H groups in total. The number of rotatable bonds is 9. The highest BCUT2D eigenvalue weighted by molar-refractivity contribution is 7.15. The van der Waals surface area contributed by atoms with Gasteiger partial charge in [0.05, 0.1) is 12.6 Å². The third-order valence-corrected chi connectivity index (χ3v) is 5.20. The van der Waals surface area contributed by atoms with Gasteiger partial charge in [0.2, 0.25) is 16.9 Å². The number of hydrazone groups is 1. The smallest absolute Gasteiger partial charge is 0.247 e. The van der Waals surface area contributed by atoms with E-state index in [4.69, 9.17) is 0 Å². The van der Waals surface area contributed by atoms with E-state index in [1.54, 1.807) is 6.21 Å². The molecule has 8 nitrogen and oxygen atoms in total. The minimum absolute atomic E-state index is 0.0492. The van der Waals surface area contributed by atoms with Gasteiger partial charge in [-0.15, -0.1) is 10.2 Å². The number of hydrogen-bond acceptors (Lipinski definition) is 6. The molecule has 0 aliphatic heterocycles. The van der Waals surface area contributed by atoms with Crippen molar-refractivity contribution in [3.63, 3.8) is 0 Å². The first-order valence-electron chi connectivity index (χ1n) is 9.58. The fraction of sp³-hybridized carbons (Fsp3) is 0.350. The fourth-order valence-corrected chi connectivity index (χ4v) is 3.66. The molecular formula is C20H24N6O2S. The number of nitrogens with one attached hydrogen (secondary N) is 3. The molecular weight excluding hydrogens is 388 g/mol. The van der Waals surface area contributed by atoms with Crippen LogP contribution in [0.4, 0.5) is 5.13 Å². The lowest BCUT2D eigenvalue weighted by molar-refractivity contribution is -0.120. The number of carbonyl (C=O) groups excluding carboxylic acids is 2. The van der Waals surface area contributed by atoms with Gasteiger partial charge in [-0.05, 0) is 19.4 Å². The predicted molar refractivity (Wildman–Crippen MR) is 115 cm³/mol. The number of aromatic amines is 1. The minimum Gasteiger partial charge on any atom is -0.358 e. The molecule has 0 fully saturated rings. The number of aryl methyl sites for hydroxylation is 1. The van der Waals surface area contributed by atoms with Gasteiger partial charge < -0.3 is 10.3 Å². The Morgan fingerprint density at radius 1 is 1.21 bits per heavy atom. The van der Waals surface area contributed by atoms with Crippen molar-refractivity contribution < 1.29 is 9.59 Å². The molecule has 0 saturated heterocycles. The first kappa shape index (κ1) is 20.7. The summed E-state index contributed by atoms with van der Waals surface area (Å²) in [4.78, 5) is 27.2. The second-order valence-electron chi connectivity index (χ2n) is 6.69. The van der Waals surface area contributed by atoms with Crippen molar-refractivity contribution in [2.75, 3.05) is 5.32 Å². The first-order valence-corrected chi connectivity index (χ1v) is 10.4. The van der Waals surface area contributed by atoms with Gasteiger partial charge in [-0.3, -0.25) is 9.59 Å². The Morgan fingerprint density at radius 2 is 2.03 bits per heavy atom. The average Bonchev–Trinajstić information content (AvgIpc) is 3.25. The van der Waals surface area contributed by atoms with E-state index in [2.05, 4.69) is 37.9 Å². The van der Waals surface area contributed by atoms with E-state index >= 15 is 0 Å². The molecule has 9 heteroatoms. The lowest BCUT2D eigenvalue weighted by Crippen LogP contribution is -2.19. The second-order valence-corrected chi connectivity index (χ2v) is 7.75. The highest BCUT2D eigenvalue weighted by atomic mass is 32.1. The monoisotopic (exact) mass is 412 g/mol. The van der Waals surface area contributed by atoms with Crippen molar-refractivity contribution in [1.29, 1.82) is 0 Å². The van der Waals surface area contributed by atoms with Crippen LogP contribution in [0.1, 0.15) is 48.9 Å². The number of aromatic nitrogens is 3. The summed E-state index contributed by atoms with van der Waals surface area (Å²) in [6, 6.07) is 7.92. The van der Waals surface area contributed by atoms with E-state index in [0.717, 1.165) is 41.4 Å². The van der Waals surface area contributed by atoms with Crippen molar-refractivity contribution >= 4 is 45.4 Å². The number of para-hydroxylation sites is 1. The Hall–Kier alpha value is -3.07. The zero-order valence-electron chi connectivity index (χ0n) is 16.5. The van der Waals surface area contributed by atoms with E-state index < -0.39 is 0 Å². The van der Waals surface area contributed by atoms with E-state index in [-0.39, 0.29) is 18.2 Å². The lowest BCUT2D eigenvalue weighted by Gasteiger charge is -1.99. The number of hydrogen-bond donors (Lipinski definition) is 3. The van der Waals surface area contributed by atoms with Crippen molar-refractivity contribution in [3.05, 3.63) is 40.5 Å². The second kappa shape index (κ2) is 9.92. The molecule has 0 spiro atoms. The van der Waals surface area contributed by atoms with Gasteiger partial charge in [-0.25, -0.2) is 5.43 Å². The van der Waals surface area contributed by atoms with Crippen LogP contribution < -0.4 is 10.7 Å². The Labute approximate surface area is 172 Å². The molecule has 152 valence electrons. The maximum absolute atomic E-state index is 12.1. The van der Waals surface area contributed by atoms with E-state index in [9.17, 15) is 9.59 Å². The lowest BCUT2D eigenvalue weighted by atomic mass is 10.1. The predicted octanol–water partition coefficient (Wildman–Crippen LogP) is 3.54. The Bertz CT molecular complexity index is 1020. The zero-order chi connectivity index (χ0) is 20.6.